The van der Waals surface area contributed by atoms with Gasteiger partial charge >= 0.3 is 0 Å². The van der Waals surface area contributed by atoms with Crippen molar-refractivity contribution >= 4 is 17.2 Å². The lowest BCUT2D eigenvalue weighted by Gasteiger charge is -2.29. The maximum Gasteiger partial charge on any atom is 0.239 e. The smallest absolute Gasteiger partial charge is 0.239 e. The fraction of sp³-hybridized carbons (Fsp3) is 0.583. The number of carbonyl (C=O) groups is 1. The number of nitrogens with zero attached hydrogens (tertiary/aromatic N) is 1. The zero-order chi connectivity index (χ0) is 12.1. The number of thiophene rings is 1. The van der Waals surface area contributed by atoms with Crippen LogP contribution in [0.3, 0.4) is 0 Å². The van der Waals surface area contributed by atoms with E-state index in [-0.39, 0.29) is 11.9 Å². The van der Waals surface area contributed by atoms with Crippen LogP contribution in [-0.2, 0) is 16.1 Å². The van der Waals surface area contributed by atoms with Gasteiger partial charge in [0.1, 0.15) is 0 Å². The monoisotopic (exact) mass is 254 g/mol. The first-order valence-corrected chi connectivity index (χ1v) is 6.77. The second kappa shape index (κ2) is 6.14. The minimum atomic E-state index is -0.129. The van der Waals surface area contributed by atoms with Crippen LogP contribution in [0.1, 0.15) is 11.8 Å². The van der Waals surface area contributed by atoms with Gasteiger partial charge in [0.25, 0.3) is 0 Å². The predicted molar refractivity (Wildman–Crippen MR) is 68.0 cm³/mol. The van der Waals surface area contributed by atoms with E-state index in [2.05, 4.69) is 11.4 Å². The van der Waals surface area contributed by atoms with Gasteiger partial charge in [-0.25, -0.2) is 0 Å². The van der Waals surface area contributed by atoms with Crippen molar-refractivity contribution in [2.75, 3.05) is 26.3 Å². The third-order valence-corrected chi connectivity index (χ3v) is 3.73. The molecule has 1 N–H and O–H groups in total. The van der Waals surface area contributed by atoms with Crippen LogP contribution in [0.4, 0.5) is 0 Å². The number of ether oxygens (including phenoxy) is 1. The van der Waals surface area contributed by atoms with Crippen molar-refractivity contribution in [3.63, 3.8) is 0 Å². The Labute approximate surface area is 106 Å². The third-order valence-electron chi connectivity index (χ3n) is 2.86. The van der Waals surface area contributed by atoms with E-state index in [1.165, 1.54) is 4.88 Å². The average Bonchev–Trinajstić information content (AvgIpc) is 2.89. The lowest BCUT2D eigenvalue weighted by molar-refractivity contribution is -0.137. The third kappa shape index (κ3) is 3.52. The first-order valence-electron chi connectivity index (χ1n) is 5.89. The summed E-state index contributed by atoms with van der Waals surface area (Å²) in [6, 6.07) is 3.97. The number of amides is 1. The van der Waals surface area contributed by atoms with Crippen molar-refractivity contribution in [2.45, 2.75) is 19.5 Å². The summed E-state index contributed by atoms with van der Waals surface area (Å²) in [4.78, 5) is 15.2. The molecule has 1 fully saturated rings. The molecule has 5 heteroatoms. The van der Waals surface area contributed by atoms with Gasteiger partial charge in [0.15, 0.2) is 0 Å². The molecule has 1 aliphatic heterocycles. The topological polar surface area (TPSA) is 41.6 Å². The van der Waals surface area contributed by atoms with E-state index < -0.39 is 0 Å². The minimum Gasteiger partial charge on any atom is -0.378 e. The van der Waals surface area contributed by atoms with Gasteiger partial charge in [0.2, 0.25) is 5.91 Å². The molecule has 94 valence electrons. The molecule has 0 bridgehead atoms. The molecule has 1 saturated heterocycles. The Kier molecular flexibility index (Phi) is 4.53. The van der Waals surface area contributed by atoms with Gasteiger partial charge in [-0.15, -0.1) is 11.3 Å². The fourth-order valence-electron chi connectivity index (χ4n) is 1.81. The summed E-state index contributed by atoms with van der Waals surface area (Å²) in [6.45, 7) is 5.42. The van der Waals surface area contributed by atoms with Crippen LogP contribution < -0.4 is 5.32 Å². The molecule has 1 aromatic rings. The summed E-state index contributed by atoms with van der Waals surface area (Å²) in [6.07, 6.45) is 0. The van der Waals surface area contributed by atoms with E-state index >= 15 is 0 Å². The Balaban J connectivity index is 1.78. The van der Waals surface area contributed by atoms with E-state index in [9.17, 15) is 4.79 Å². The van der Waals surface area contributed by atoms with Crippen LogP contribution in [0.15, 0.2) is 17.5 Å². The molecule has 4 nitrogen and oxygen atoms in total. The molecule has 0 aromatic carbocycles. The Morgan fingerprint density at radius 2 is 2.35 bits per heavy atom. The quantitative estimate of drug-likeness (QED) is 0.874. The lowest BCUT2D eigenvalue weighted by Crippen LogP contribution is -2.48. The Morgan fingerprint density at radius 1 is 1.59 bits per heavy atom. The minimum absolute atomic E-state index is 0.129. The number of carbonyl (C=O) groups excluding carboxylic acids is 1. The van der Waals surface area contributed by atoms with Gasteiger partial charge in [0, 0.05) is 24.5 Å². The molecule has 2 rings (SSSR count). The summed E-state index contributed by atoms with van der Waals surface area (Å²) in [5, 5.41) is 5.31. The van der Waals surface area contributed by atoms with Crippen LogP contribution in [0.25, 0.3) is 0 Å². The van der Waals surface area contributed by atoms with Crippen molar-refractivity contribution < 1.29 is 9.53 Å². The van der Waals surface area contributed by atoms with E-state index in [1.54, 1.807) is 11.3 Å². The van der Waals surface area contributed by atoms with Crippen molar-refractivity contribution in [3.8, 4) is 0 Å². The van der Waals surface area contributed by atoms with Crippen molar-refractivity contribution in [2.24, 2.45) is 0 Å². The zero-order valence-corrected chi connectivity index (χ0v) is 10.8. The van der Waals surface area contributed by atoms with Crippen LogP contribution in [0.2, 0.25) is 0 Å². The number of rotatable bonds is 4. The molecular weight excluding hydrogens is 236 g/mol. The average molecular weight is 254 g/mol. The molecule has 1 aromatic heterocycles. The van der Waals surface area contributed by atoms with Crippen molar-refractivity contribution in [3.05, 3.63) is 22.4 Å². The molecule has 17 heavy (non-hydrogen) atoms. The van der Waals surface area contributed by atoms with E-state index in [1.807, 2.05) is 23.3 Å². The lowest BCUT2D eigenvalue weighted by atomic mass is 10.2. The fourth-order valence-corrected chi connectivity index (χ4v) is 2.47. The highest BCUT2D eigenvalue weighted by Crippen LogP contribution is 2.08. The molecule has 1 unspecified atom stereocenters. The van der Waals surface area contributed by atoms with Crippen LogP contribution in [0.5, 0.6) is 0 Å². The summed E-state index contributed by atoms with van der Waals surface area (Å²) in [5.41, 5.74) is 0. The summed E-state index contributed by atoms with van der Waals surface area (Å²) in [5.74, 6) is 0.171. The molecule has 1 amide bonds. The highest BCUT2D eigenvalue weighted by molar-refractivity contribution is 7.09. The van der Waals surface area contributed by atoms with Gasteiger partial charge in [-0.1, -0.05) is 6.07 Å². The van der Waals surface area contributed by atoms with Crippen LogP contribution >= 0.6 is 11.3 Å². The number of nitrogens with one attached hydrogen (secondary N) is 1. The normalized spacial score (nSPS) is 18.1. The zero-order valence-electron chi connectivity index (χ0n) is 10.0. The maximum atomic E-state index is 12.1. The van der Waals surface area contributed by atoms with Gasteiger partial charge in [0.05, 0.1) is 19.3 Å². The van der Waals surface area contributed by atoms with Crippen LogP contribution in [0, 0.1) is 0 Å². The molecule has 1 aliphatic rings. The molecule has 2 heterocycles. The molecule has 0 saturated carbocycles. The molecule has 0 aliphatic carbocycles. The van der Waals surface area contributed by atoms with Crippen molar-refractivity contribution in [1.29, 1.82) is 0 Å². The van der Waals surface area contributed by atoms with Crippen LogP contribution in [-0.4, -0.2) is 43.2 Å². The highest BCUT2D eigenvalue weighted by atomic mass is 32.1. The first-order chi connectivity index (χ1) is 8.27. The van der Waals surface area contributed by atoms with E-state index in [0.717, 1.165) is 6.54 Å². The van der Waals surface area contributed by atoms with Gasteiger partial charge in [-0.3, -0.25) is 4.79 Å². The maximum absolute atomic E-state index is 12.1. The molecule has 0 radical (unpaired) electrons. The molecule has 1 atom stereocenters. The Morgan fingerprint density at radius 3 is 3.00 bits per heavy atom. The predicted octanol–water partition coefficient (Wildman–Crippen LogP) is 1.09. The second-order valence-electron chi connectivity index (χ2n) is 4.12. The molecular formula is C12H18N2O2S. The number of morpholine rings is 1. The second-order valence-corrected chi connectivity index (χ2v) is 5.15. The summed E-state index contributed by atoms with van der Waals surface area (Å²) in [7, 11) is 0. The molecule has 0 spiro atoms. The summed E-state index contributed by atoms with van der Waals surface area (Å²) >= 11 is 1.70. The van der Waals surface area contributed by atoms with E-state index in [0.29, 0.717) is 26.3 Å². The number of hydrogen-bond acceptors (Lipinski definition) is 4. The SMILES string of the molecule is CC(NCc1cccs1)C(=O)N1CCOCC1. The standard InChI is InChI=1S/C12H18N2O2S/c1-10(13-9-11-3-2-8-17-11)12(15)14-4-6-16-7-5-14/h2-3,8,10,13H,4-7,9H2,1H3. The highest BCUT2D eigenvalue weighted by Gasteiger charge is 2.21. The number of hydrogen-bond donors (Lipinski definition) is 1. The van der Waals surface area contributed by atoms with Gasteiger partial charge < -0.3 is 15.0 Å². The first kappa shape index (κ1) is 12.5. The largest absolute Gasteiger partial charge is 0.378 e. The van der Waals surface area contributed by atoms with Crippen molar-refractivity contribution in [1.82, 2.24) is 10.2 Å². The van der Waals surface area contributed by atoms with E-state index in [4.69, 9.17) is 4.74 Å². The Bertz CT molecular complexity index is 347. The summed E-state index contributed by atoms with van der Waals surface area (Å²) < 4.78 is 5.24. The van der Waals surface area contributed by atoms with Gasteiger partial charge in [-0.2, -0.15) is 0 Å². The van der Waals surface area contributed by atoms with Gasteiger partial charge in [-0.05, 0) is 18.4 Å². The Hall–Kier alpha value is -0.910.